The van der Waals surface area contributed by atoms with Gasteiger partial charge in [-0.3, -0.25) is 4.90 Å². The van der Waals surface area contributed by atoms with Gasteiger partial charge in [0.15, 0.2) is 17.2 Å². The van der Waals surface area contributed by atoms with Crippen molar-refractivity contribution < 1.29 is 14.3 Å². The zero-order valence-electron chi connectivity index (χ0n) is 14.0. The number of methoxy groups -OCH3 is 1. The molecule has 5 nitrogen and oxygen atoms in total. The van der Waals surface area contributed by atoms with Crippen LogP contribution in [0.25, 0.3) is 0 Å². The highest BCUT2D eigenvalue weighted by Gasteiger charge is 2.50. The Morgan fingerprint density at radius 3 is 2.83 bits per heavy atom. The number of nitrogens with one attached hydrogen (secondary N) is 1. The lowest BCUT2D eigenvalue weighted by molar-refractivity contribution is 0.0349. The van der Waals surface area contributed by atoms with Crippen molar-refractivity contribution in [1.29, 1.82) is 0 Å². The van der Waals surface area contributed by atoms with Gasteiger partial charge in [-0.25, -0.2) is 4.79 Å². The number of amides is 2. The van der Waals surface area contributed by atoms with Crippen molar-refractivity contribution >= 4 is 11.7 Å². The number of carbonyl (C=O) groups excluding carboxylic acids is 1. The Morgan fingerprint density at radius 1 is 1.29 bits per heavy atom. The maximum Gasteiger partial charge on any atom is 0.325 e. The second-order valence-electron chi connectivity index (χ2n) is 6.54. The van der Waals surface area contributed by atoms with Gasteiger partial charge in [0.1, 0.15) is 0 Å². The third-order valence-electron chi connectivity index (χ3n) is 4.74. The third-order valence-corrected chi connectivity index (χ3v) is 4.74. The first-order valence-corrected chi connectivity index (χ1v) is 8.05. The molecule has 1 saturated heterocycles. The highest BCUT2D eigenvalue weighted by Crippen LogP contribution is 2.48. The molecule has 24 heavy (non-hydrogen) atoms. The van der Waals surface area contributed by atoms with Crippen molar-refractivity contribution in [3.63, 3.8) is 0 Å². The number of aryl methyl sites for hydroxylation is 1. The molecule has 0 radical (unpaired) electrons. The minimum absolute atomic E-state index is 0.0811. The summed E-state index contributed by atoms with van der Waals surface area (Å²) in [4.78, 5) is 14.5. The van der Waals surface area contributed by atoms with E-state index < -0.39 is 5.72 Å². The average molecular weight is 324 g/mol. The van der Waals surface area contributed by atoms with Crippen molar-refractivity contribution in [2.24, 2.45) is 0 Å². The van der Waals surface area contributed by atoms with E-state index in [-0.39, 0.29) is 12.1 Å². The number of rotatable bonds is 2. The van der Waals surface area contributed by atoms with E-state index in [1.54, 1.807) is 12.0 Å². The van der Waals surface area contributed by atoms with E-state index in [0.717, 1.165) is 16.8 Å². The van der Waals surface area contributed by atoms with E-state index >= 15 is 0 Å². The molecular weight excluding hydrogens is 304 g/mol. The van der Waals surface area contributed by atoms with Crippen molar-refractivity contribution in [1.82, 2.24) is 5.32 Å². The van der Waals surface area contributed by atoms with Gasteiger partial charge in [-0.15, -0.1) is 0 Å². The first-order valence-electron chi connectivity index (χ1n) is 8.05. The average Bonchev–Trinajstić information content (AvgIpc) is 2.53. The molecule has 2 aromatic carbocycles. The first-order chi connectivity index (χ1) is 11.5. The maximum atomic E-state index is 12.8. The van der Waals surface area contributed by atoms with E-state index in [4.69, 9.17) is 9.47 Å². The summed E-state index contributed by atoms with van der Waals surface area (Å²) in [5, 5.41) is 3.10. The first kappa shape index (κ1) is 14.9. The lowest BCUT2D eigenvalue weighted by Crippen LogP contribution is -2.65. The summed E-state index contributed by atoms with van der Waals surface area (Å²) < 4.78 is 11.8. The second kappa shape index (κ2) is 5.16. The number of urea groups is 1. The predicted molar refractivity (Wildman–Crippen MR) is 91.6 cm³/mol. The molecule has 2 bridgehead atoms. The van der Waals surface area contributed by atoms with Gasteiger partial charge in [0.05, 0.1) is 13.2 Å². The minimum atomic E-state index is -0.761. The van der Waals surface area contributed by atoms with Gasteiger partial charge in [-0.05, 0) is 37.6 Å². The number of nitrogens with zero attached hydrogens (tertiary/aromatic N) is 1. The molecule has 0 unspecified atom stereocenters. The fraction of sp³-hybridized carbons (Fsp3) is 0.316. The summed E-state index contributed by atoms with van der Waals surface area (Å²) in [6.07, 6.45) is 0.673. The molecule has 2 aliphatic rings. The molecule has 2 aliphatic heterocycles. The normalized spacial score (nSPS) is 24.7. The highest BCUT2D eigenvalue weighted by molar-refractivity contribution is 5.95. The van der Waals surface area contributed by atoms with Crippen LogP contribution < -0.4 is 19.7 Å². The molecule has 5 heteroatoms. The van der Waals surface area contributed by atoms with Crippen LogP contribution in [-0.4, -0.2) is 18.9 Å². The standard InChI is InChI=1S/C19H20N2O3/c1-12-6-4-7-13(10-12)21-18(22)20-15-11-19(21,2)24-17-14(15)8-5-9-16(17)23-3/h4-10,15H,11H2,1-3H3,(H,20,22)/t15-,19+/m1/s1. The summed E-state index contributed by atoms with van der Waals surface area (Å²) in [7, 11) is 1.63. The van der Waals surface area contributed by atoms with Crippen LogP contribution in [0.3, 0.4) is 0 Å². The predicted octanol–water partition coefficient (Wildman–Crippen LogP) is 3.77. The monoisotopic (exact) mass is 324 g/mol. The van der Waals surface area contributed by atoms with Gasteiger partial charge >= 0.3 is 6.03 Å². The molecule has 2 heterocycles. The maximum absolute atomic E-state index is 12.8. The molecule has 4 rings (SSSR count). The van der Waals surface area contributed by atoms with Crippen molar-refractivity contribution in [3.8, 4) is 11.5 Å². The van der Waals surface area contributed by atoms with Crippen molar-refractivity contribution in [3.05, 3.63) is 53.6 Å². The molecule has 2 aromatic rings. The largest absolute Gasteiger partial charge is 0.493 e. The number of para-hydroxylation sites is 1. The molecule has 2 atom stereocenters. The van der Waals surface area contributed by atoms with Crippen LogP contribution in [0.15, 0.2) is 42.5 Å². The smallest absolute Gasteiger partial charge is 0.325 e. The number of carbonyl (C=O) groups is 1. The van der Waals surface area contributed by atoms with Crippen LogP contribution in [0, 0.1) is 6.92 Å². The Kier molecular flexibility index (Phi) is 3.20. The van der Waals surface area contributed by atoms with Crippen LogP contribution in [0.5, 0.6) is 11.5 Å². The van der Waals surface area contributed by atoms with E-state index in [9.17, 15) is 4.79 Å². The number of benzene rings is 2. The number of anilines is 1. The third kappa shape index (κ3) is 2.12. The minimum Gasteiger partial charge on any atom is -0.493 e. The molecular formula is C19H20N2O3. The van der Waals surface area contributed by atoms with Crippen LogP contribution in [0.1, 0.15) is 30.5 Å². The van der Waals surface area contributed by atoms with Crippen LogP contribution >= 0.6 is 0 Å². The molecule has 0 spiro atoms. The van der Waals surface area contributed by atoms with E-state index in [1.165, 1.54) is 0 Å². The van der Waals surface area contributed by atoms with Gasteiger partial charge < -0.3 is 14.8 Å². The van der Waals surface area contributed by atoms with E-state index in [2.05, 4.69) is 5.32 Å². The van der Waals surface area contributed by atoms with Gasteiger partial charge in [-0.2, -0.15) is 0 Å². The lowest BCUT2D eigenvalue weighted by atomic mass is 9.90. The van der Waals surface area contributed by atoms with Crippen LogP contribution in [0.2, 0.25) is 0 Å². The Morgan fingerprint density at radius 2 is 2.08 bits per heavy atom. The van der Waals surface area contributed by atoms with E-state index in [0.29, 0.717) is 17.9 Å². The summed E-state index contributed by atoms with van der Waals surface area (Å²) in [5.41, 5.74) is 2.12. The fourth-order valence-corrected chi connectivity index (χ4v) is 3.68. The van der Waals surface area contributed by atoms with Gasteiger partial charge in [0.25, 0.3) is 0 Å². The fourth-order valence-electron chi connectivity index (χ4n) is 3.68. The number of fused-ring (bicyclic) bond motifs is 4. The van der Waals surface area contributed by atoms with Gasteiger partial charge in [0.2, 0.25) is 0 Å². The number of hydrogen-bond donors (Lipinski definition) is 1. The summed E-state index contributed by atoms with van der Waals surface area (Å²) in [6, 6.07) is 13.4. The summed E-state index contributed by atoms with van der Waals surface area (Å²) >= 11 is 0. The second-order valence-corrected chi connectivity index (χ2v) is 6.54. The summed E-state index contributed by atoms with van der Waals surface area (Å²) in [5.74, 6) is 1.39. The number of ether oxygens (including phenoxy) is 2. The zero-order valence-corrected chi connectivity index (χ0v) is 14.0. The molecule has 2 amide bonds. The Balaban J connectivity index is 1.83. The Hall–Kier alpha value is -2.69. The highest BCUT2D eigenvalue weighted by atomic mass is 16.5. The molecule has 1 fully saturated rings. The molecule has 0 aliphatic carbocycles. The lowest BCUT2D eigenvalue weighted by Gasteiger charge is -2.50. The molecule has 0 saturated carbocycles. The van der Waals surface area contributed by atoms with Crippen LogP contribution in [-0.2, 0) is 0 Å². The Labute approximate surface area is 141 Å². The van der Waals surface area contributed by atoms with Gasteiger partial charge in [-0.1, -0.05) is 24.3 Å². The molecule has 0 aromatic heterocycles. The Bertz CT molecular complexity index is 820. The quantitative estimate of drug-likeness (QED) is 0.915. The van der Waals surface area contributed by atoms with Crippen LogP contribution in [0.4, 0.5) is 10.5 Å². The zero-order chi connectivity index (χ0) is 16.9. The van der Waals surface area contributed by atoms with Gasteiger partial charge in [0, 0.05) is 17.7 Å². The topological polar surface area (TPSA) is 50.8 Å². The van der Waals surface area contributed by atoms with Crippen molar-refractivity contribution in [2.75, 3.05) is 12.0 Å². The SMILES string of the molecule is COc1cccc2c1O[C@@]1(C)C[C@H]2NC(=O)N1c1cccc(C)c1. The molecule has 124 valence electrons. The molecule has 1 N–H and O–H groups in total. The van der Waals surface area contributed by atoms with Crippen molar-refractivity contribution in [2.45, 2.75) is 32.0 Å². The van der Waals surface area contributed by atoms with E-state index in [1.807, 2.05) is 56.3 Å². The number of hydrogen-bond acceptors (Lipinski definition) is 3. The summed E-state index contributed by atoms with van der Waals surface area (Å²) in [6.45, 7) is 3.97.